The number of rotatable bonds is 2. The van der Waals surface area contributed by atoms with Crippen molar-refractivity contribution in [1.82, 2.24) is 10.3 Å². The van der Waals surface area contributed by atoms with Crippen LogP contribution in [0.5, 0.6) is 0 Å². The molecule has 2 aromatic heterocycles. The molecule has 2 N–H and O–H groups in total. The molecule has 29 heavy (non-hydrogen) atoms. The maximum atomic E-state index is 12.6. The standard InChI is InChI=1S/C23H20ClN3OS/c1-3-13-8-14(10-15(24)9-13)17-5-4-16-18(27-17)6-7-19-20(16)21-22(29-19)23(28)26-12(2)11-25-21/h4-10,12,25H,3,11H2,1-2H3,(H,26,28)/t12-/m1/s1. The predicted octanol–water partition coefficient (Wildman–Crippen LogP) is 5.88. The smallest absolute Gasteiger partial charge is 0.263 e. The molecule has 1 aliphatic rings. The van der Waals surface area contributed by atoms with Crippen LogP contribution in [0, 0.1) is 0 Å². The first kappa shape index (κ1) is 18.4. The van der Waals surface area contributed by atoms with Gasteiger partial charge < -0.3 is 10.6 Å². The summed E-state index contributed by atoms with van der Waals surface area (Å²) >= 11 is 7.83. The molecule has 0 fully saturated rings. The monoisotopic (exact) mass is 421 g/mol. The Morgan fingerprint density at radius 2 is 2.07 bits per heavy atom. The highest BCUT2D eigenvalue weighted by Gasteiger charge is 2.24. The number of halogens is 1. The fraction of sp³-hybridized carbons (Fsp3) is 0.217. The van der Waals surface area contributed by atoms with E-state index in [0.717, 1.165) is 54.3 Å². The molecule has 0 saturated heterocycles. The SMILES string of the molecule is CCc1cc(Cl)cc(-c2ccc3c(ccc4sc5c(c43)NC[C@@H](C)NC5=O)n2)c1. The topological polar surface area (TPSA) is 54.0 Å². The maximum absolute atomic E-state index is 12.6. The van der Waals surface area contributed by atoms with Crippen molar-refractivity contribution in [3.8, 4) is 11.3 Å². The summed E-state index contributed by atoms with van der Waals surface area (Å²) in [6.45, 7) is 4.83. The van der Waals surface area contributed by atoms with Gasteiger partial charge in [-0.2, -0.15) is 0 Å². The largest absolute Gasteiger partial charge is 0.381 e. The van der Waals surface area contributed by atoms with Crippen LogP contribution in [-0.2, 0) is 6.42 Å². The van der Waals surface area contributed by atoms with Crippen molar-refractivity contribution in [1.29, 1.82) is 0 Å². The van der Waals surface area contributed by atoms with Gasteiger partial charge in [-0.25, -0.2) is 4.98 Å². The number of fused-ring (bicyclic) bond motifs is 5. The number of thiophene rings is 1. The first-order valence-corrected chi connectivity index (χ1v) is 10.9. The molecule has 1 atom stereocenters. The first-order chi connectivity index (χ1) is 14.0. The zero-order chi connectivity index (χ0) is 20.1. The molecule has 0 saturated carbocycles. The number of hydrogen-bond acceptors (Lipinski definition) is 4. The molecule has 3 heterocycles. The normalized spacial score (nSPS) is 16.4. The number of aromatic nitrogens is 1. The van der Waals surface area contributed by atoms with Gasteiger partial charge in [0, 0.05) is 38.6 Å². The molecule has 1 aliphatic heterocycles. The molecule has 0 unspecified atom stereocenters. The van der Waals surface area contributed by atoms with E-state index in [1.165, 1.54) is 16.9 Å². The minimum absolute atomic E-state index is 0.0116. The highest BCUT2D eigenvalue weighted by Crippen LogP contribution is 2.41. The van der Waals surface area contributed by atoms with Gasteiger partial charge in [0.15, 0.2) is 0 Å². The molecule has 146 valence electrons. The second-order valence-corrected chi connectivity index (χ2v) is 8.95. The molecule has 6 heteroatoms. The van der Waals surface area contributed by atoms with Crippen molar-refractivity contribution in [2.75, 3.05) is 11.9 Å². The van der Waals surface area contributed by atoms with Crippen molar-refractivity contribution in [2.45, 2.75) is 26.3 Å². The lowest BCUT2D eigenvalue weighted by atomic mass is 10.0. The molecule has 1 amide bonds. The quantitative estimate of drug-likeness (QED) is 0.425. The van der Waals surface area contributed by atoms with Gasteiger partial charge in [-0.1, -0.05) is 18.5 Å². The van der Waals surface area contributed by atoms with Crippen LogP contribution in [0.15, 0.2) is 42.5 Å². The molecule has 0 spiro atoms. The van der Waals surface area contributed by atoms with E-state index in [1.54, 1.807) is 0 Å². The van der Waals surface area contributed by atoms with Crippen LogP contribution in [0.25, 0.3) is 32.2 Å². The Balaban J connectivity index is 1.70. The van der Waals surface area contributed by atoms with E-state index in [-0.39, 0.29) is 11.9 Å². The summed E-state index contributed by atoms with van der Waals surface area (Å²) in [4.78, 5) is 18.2. The van der Waals surface area contributed by atoms with Gasteiger partial charge in [0.2, 0.25) is 0 Å². The number of nitrogens with one attached hydrogen (secondary N) is 2. The number of amides is 1. The molecule has 5 rings (SSSR count). The number of pyridine rings is 1. The average Bonchev–Trinajstić information content (AvgIpc) is 3.04. The average molecular weight is 422 g/mol. The predicted molar refractivity (Wildman–Crippen MR) is 122 cm³/mol. The van der Waals surface area contributed by atoms with Gasteiger partial charge in [0.25, 0.3) is 5.91 Å². The third kappa shape index (κ3) is 3.15. The van der Waals surface area contributed by atoms with Gasteiger partial charge in [0.1, 0.15) is 4.88 Å². The van der Waals surface area contributed by atoms with Crippen LogP contribution >= 0.6 is 22.9 Å². The van der Waals surface area contributed by atoms with Gasteiger partial charge in [-0.3, -0.25) is 4.79 Å². The molecule has 4 nitrogen and oxygen atoms in total. The summed E-state index contributed by atoms with van der Waals surface area (Å²) in [7, 11) is 0. The summed E-state index contributed by atoms with van der Waals surface area (Å²) in [5.41, 5.74) is 4.94. The molecule has 0 bridgehead atoms. The molecule has 0 aliphatic carbocycles. The Morgan fingerprint density at radius 1 is 1.21 bits per heavy atom. The van der Waals surface area contributed by atoms with Crippen LogP contribution in [0.2, 0.25) is 5.02 Å². The van der Waals surface area contributed by atoms with Crippen molar-refractivity contribution >= 4 is 55.5 Å². The second kappa shape index (κ2) is 7.01. The van der Waals surface area contributed by atoms with E-state index in [4.69, 9.17) is 16.6 Å². The van der Waals surface area contributed by atoms with Gasteiger partial charge in [0.05, 0.1) is 16.9 Å². The van der Waals surface area contributed by atoms with E-state index in [0.29, 0.717) is 6.54 Å². The zero-order valence-electron chi connectivity index (χ0n) is 16.2. The van der Waals surface area contributed by atoms with Gasteiger partial charge in [-0.05, 0) is 61.4 Å². The molecular formula is C23H20ClN3OS. The molecular weight excluding hydrogens is 402 g/mol. The summed E-state index contributed by atoms with van der Waals surface area (Å²) in [6.07, 6.45) is 0.926. The van der Waals surface area contributed by atoms with Crippen LogP contribution in [-0.4, -0.2) is 23.5 Å². The van der Waals surface area contributed by atoms with E-state index in [1.807, 2.05) is 31.2 Å². The van der Waals surface area contributed by atoms with Crippen LogP contribution < -0.4 is 10.6 Å². The van der Waals surface area contributed by atoms with Crippen LogP contribution in [0.4, 0.5) is 5.69 Å². The number of carbonyl (C=O) groups excluding carboxylic acids is 1. The second-order valence-electron chi connectivity index (χ2n) is 7.47. The lowest BCUT2D eigenvalue weighted by molar-refractivity contribution is 0.0949. The number of anilines is 1. The Morgan fingerprint density at radius 3 is 2.90 bits per heavy atom. The number of benzene rings is 2. The Kier molecular flexibility index (Phi) is 4.45. The summed E-state index contributed by atoms with van der Waals surface area (Å²) in [5, 5.41) is 9.36. The van der Waals surface area contributed by atoms with Gasteiger partial charge in [-0.15, -0.1) is 11.3 Å². The Bertz CT molecular complexity index is 1280. The minimum Gasteiger partial charge on any atom is -0.381 e. The van der Waals surface area contributed by atoms with E-state index in [9.17, 15) is 4.79 Å². The van der Waals surface area contributed by atoms with E-state index in [2.05, 4.69) is 35.8 Å². The van der Waals surface area contributed by atoms with Crippen LogP contribution in [0.1, 0.15) is 29.1 Å². The van der Waals surface area contributed by atoms with Gasteiger partial charge >= 0.3 is 0 Å². The van der Waals surface area contributed by atoms with Crippen molar-refractivity contribution < 1.29 is 4.79 Å². The van der Waals surface area contributed by atoms with E-state index < -0.39 is 0 Å². The lowest BCUT2D eigenvalue weighted by Crippen LogP contribution is -2.34. The van der Waals surface area contributed by atoms with Crippen molar-refractivity contribution in [3.63, 3.8) is 0 Å². The number of hydrogen-bond donors (Lipinski definition) is 2. The fourth-order valence-corrected chi connectivity index (χ4v) is 5.24. The third-order valence-corrected chi connectivity index (χ3v) is 6.72. The summed E-state index contributed by atoms with van der Waals surface area (Å²) < 4.78 is 1.09. The fourth-order valence-electron chi connectivity index (χ4n) is 3.89. The summed E-state index contributed by atoms with van der Waals surface area (Å²) in [5.74, 6) is -0.0116. The lowest BCUT2D eigenvalue weighted by Gasteiger charge is -2.10. The Hall–Kier alpha value is -2.63. The molecule has 4 aromatic rings. The molecule has 2 aromatic carbocycles. The highest BCUT2D eigenvalue weighted by atomic mass is 35.5. The Labute approximate surface area is 177 Å². The maximum Gasteiger partial charge on any atom is 0.263 e. The minimum atomic E-state index is -0.0116. The third-order valence-electron chi connectivity index (χ3n) is 5.35. The van der Waals surface area contributed by atoms with Crippen molar-refractivity contribution in [3.05, 3.63) is 57.9 Å². The highest BCUT2D eigenvalue weighted by molar-refractivity contribution is 7.21. The zero-order valence-corrected chi connectivity index (χ0v) is 17.7. The van der Waals surface area contributed by atoms with Crippen molar-refractivity contribution in [2.24, 2.45) is 0 Å². The van der Waals surface area contributed by atoms with Crippen LogP contribution in [0.3, 0.4) is 0 Å². The van der Waals surface area contributed by atoms with E-state index >= 15 is 0 Å². The summed E-state index contributed by atoms with van der Waals surface area (Å²) in [6, 6.07) is 14.4. The number of carbonyl (C=O) groups is 1. The number of nitrogens with zero attached hydrogens (tertiary/aromatic N) is 1. The number of aryl methyl sites for hydroxylation is 1. The molecule has 0 radical (unpaired) electrons. The first-order valence-electron chi connectivity index (χ1n) is 9.74.